The van der Waals surface area contributed by atoms with Gasteiger partial charge in [0.1, 0.15) is 11.6 Å². The Hall–Kier alpha value is -2.40. The highest BCUT2D eigenvalue weighted by Gasteiger charge is 2.09. The first-order valence-electron chi connectivity index (χ1n) is 7.09. The van der Waals surface area contributed by atoms with Crippen molar-refractivity contribution in [2.45, 2.75) is 26.1 Å². The predicted octanol–water partition coefficient (Wildman–Crippen LogP) is 2.51. The molecule has 0 radical (unpaired) electrons. The molecule has 0 bridgehead atoms. The fourth-order valence-electron chi connectivity index (χ4n) is 2.29. The normalized spacial score (nSPS) is 12.4. The zero-order valence-corrected chi connectivity index (χ0v) is 12.0. The molecule has 21 heavy (non-hydrogen) atoms. The van der Waals surface area contributed by atoms with Crippen LogP contribution in [0.15, 0.2) is 55.1 Å². The SMILES string of the molecule is CC(NCc1nccn1Cc1ccccc1)c1ncc[nH]1. The summed E-state index contributed by atoms with van der Waals surface area (Å²) < 4.78 is 2.16. The van der Waals surface area contributed by atoms with Gasteiger partial charge in [0.05, 0.1) is 12.6 Å². The van der Waals surface area contributed by atoms with Gasteiger partial charge in [-0.25, -0.2) is 9.97 Å². The summed E-state index contributed by atoms with van der Waals surface area (Å²) in [6.45, 7) is 3.64. The van der Waals surface area contributed by atoms with Crippen molar-refractivity contribution in [3.05, 3.63) is 72.3 Å². The molecule has 1 unspecified atom stereocenters. The van der Waals surface area contributed by atoms with E-state index in [1.54, 1.807) is 6.20 Å². The smallest absolute Gasteiger partial charge is 0.122 e. The number of nitrogens with one attached hydrogen (secondary N) is 2. The molecule has 2 N–H and O–H groups in total. The molecule has 5 nitrogen and oxygen atoms in total. The third-order valence-electron chi connectivity index (χ3n) is 3.49. The molecule has 0 saturated carbocycles. The van der Waals surface area contributed by atoms with Gasteiger partial charge in [0, 0.05) is 31.3 Å². The number of nitrogens with zero attached hydrogens (tertiary/aromatic N) is 3. The number of aromatic amines is 1. The van der Waals surface area contributed by atoms with Crippen LogP contribution in [0.4, 0.5) is 0 Å². The van der Waals surface area contributed by atoms with E-state index in [1.807, 2.05) is 24.7 Å². The highest BCUT2D eigenvalue weighted by molar-refractivity contribution is 5.15. The lowest BCUT2D eigenvalue weighted by molar-refractivity contribution is 0.525. The van der Waals surface area contributed by atoms with Crippen molar-refractivity contribution >= 4 is 0 Å². The average Bonchev–Trinajstić information content (AvgIpc) is 3.18. The summed E-state index contributed by atoms with van der Waals surface area (Å²) in [6.07, 6.45) is 7.47. The third-order valence-corrected chi connectivity index (χ3v) is 3.49. The lowest BCUT2D eigenvalue weighted by Gasteiger charge is -2.13. The van der Waals surface area contributed by atoms with Crippen LogP contribution >= 0.6 is 0 Å². The first kappa shape index (κ1) is 13.6. The molecule has 108 valence electrons. The van der Waals surface area contributed by atoms with E-state index in [0.717, 1.165) is 18.2 Å². The Morgan fingerprint density at radius 3 is 2.81 bits per heavy atom. The Morgan fingerprint density at radius 1 is 1.19 bits per heavy atom. The summed E-state index contributed by atoms with van der Waals surface area (Å²) >= 11 is 0. The minimum absolute atomic E-state index is 0.168. The monoisotopic (exact) mass is 281 g/mol. The van der Waals surface area contributed by atoms with Crippen LogP contribution < -0.4 is 5.32 Å². The molecular formula is C16H19N5. The van der Waals surface area contributed by atoms with Gasteiger partial charge in [-0.3, -0.25) is 0 Å². The number of hydrogen-bond donors (Lipinski definition) is 2. The van der Waals surface area contributed by atoms with Gasteiger partial charge in [0.25, 0.3) is 0 Å². The first-order valence-corrected chi connectivity index (χ1v) is 7.09. The van der Waals surface area contributed by atoms with Crippen LogP contribution in [0.1, 0.15) is 30.2 Å². The van der Waals surface area contributed by atoms with Crippen molar-refractivity contribution in [2.75, 3.05) is 0 Å². The van der Waals surface area contributed by atoms with Crippen LogP contribution in [0, 0.1) is 0 Å². The van der Waals surface area contributed by atoms with Gasteiger partial charge >= 0.3 is 0 Å². The molecule has 0 aliphatic rings. The molecule has 0 spiro atoms. The Kier molecular flexibility index (Phi) is 4.12. The van der Waals surface area contributed by atoms with Crippen LogP contribution in [0.2, 0.25) is 0 Å². The Labute approximate surface area is 124 Å². The summed E-state index contributed by atoms with van der Waals surface area (Å²) in [7, 11) is 0. The number of imidazole rings is 2. The number of rotatable bonds is 6. The van der Waals surface area contributed by atoms with E-state index >= 15 is 0 Å². The lowest BCUT2D eigenvalue weighted by Crippen LogP contribution is -2.21. The molecule has 0 fully saturated rings. The second-order valence-electron chi connectivity index (χ2n) is 5.03. The number of benzene rings is 1. The van der Waals surface area contributed by atoms with Crippen molar-refractivity contribution < 1.29 is 0 Å². The van der Waals surface area contributed by atoms with Crippen molar-refractivity contribution in [3.8, 4) is 0 Å². The predicted molar refractivity (Wildman–Crippen MR) is 81.6 cm³/mol. The Bertz CT molecular complexity index is 657. The van der Waals surface area contributed by atoms with E-state index in [4.69, 9.17) is 0 Å². The Balaban J connectivity index is 1.63. The summed E-state index contributed by atoms with van der Waals surface area (Å²) in [5, 5.41) is 3.44. The summed E-state index contributed by atoms with van der Waals surface area (Å²) in [5.74, 6) is 1.97. The number of aromatic nitrogens is 4. The maximum Gasteiger partial charge on any atom is 0.122 e. The van der Waals surface area contributed by atoms with Crippen LogP contribution in [-0.2, 0) is 13.1 Å². The van der Waals surface area contributed by atoms with Gasteiger partial charge in [-0.2, -0.15) is 0 Å². The van der Waals surface area contributed by atoms with Gasteiger partial charge < -0.3 is 14.9 Å². The van der Waals surface area contributed by atoms with Crippen LogP contribution in [0.25, 0.3) is 0 Å². The van der Waals surface area contributed by atoms with Gasteiger partial charge in [-0.1, -0.05) is 30.3 Å². The number of H-pyrrole nitrogens is 1. The zero-order chi connectivity index (χ0) is 14.5. The van der Waals surface area contributed by atoms with Crippen LogP contribution in [-0.4, -0.2) is 19.5 Å². The zero-order valence-electron chi connectivity index (χ0n) is 12.0. The summed E-state index contributed by atoms with van der Waals surface area (Å²) in [4.78, 5) is 11.8. The molecule has 0 saturated heterocycles. The standard InChI is InChI=1S/C16H19N5/c1-13(16-18-7-8-19-16)20-11-15-17-9-10-21(15)12-14-5-3-2-4-6-14/h2-10,13,20H,11-12H2,1H3,(H,18,19). The second kappa shape index (κ2) is 6.37. The summed E-state index contributed by atoms with van der Waals surface area (Å²) in [6, 6.07) is 10.6. The molecule has 1 aromatic carbocycles. The third kappa shape index (κ3) is 3.38. The van der Waals surface area contributed by atoms with Crippen LogP contribution in [0.5, 0.6) is 0 Å². The van der Waals surface area contributed by atoms with Crippen molar-refractivity contribution in [3.63, 3.8) is 0 Å². The van der Waals surface area contributed by atoms with E-state index < -0.39 is 0 Å². The second-order valence-corrected chi connectivity index (χ2v) is 5.03. The quantitative estimate of drug-likeness (QED) is 0.730. The minimum Gasteiger partial charge on any atom is -0.347 e. The highest BCUT2D eigenvalue weighted by Crippen LogP contribution is 2.09. The first-order chi connectivity index (χ1) is 10.3. The van der Waals surface area contributed by atoms with E-state index in [0.29, 0.717) is 6.54 Å². The maximum atomic E-state index is 4.44. The van der Waals surface area contributed by atoms with Gasteiger partial charge in [-0.15, -0.1) is 0 Å². The minimum atomic E-state index is 0.168. The van der Waals surface area contributed by atoms with Gasteiger partial charge in [0.15, 0.2) is 0 Å². The molecule has 3 rings (SSSR count). The fourth-order valence-corrected chi connectivity index (χ4v) is 2.29. The molecule has 5 heteroatoms. The molecular weight excluding hydrogens is 262 g/mol. The molecule has 2 heterocycles. The molecule has 1 atom stereocenters. The molecule has 2 aromatic heterocycles. The van der Waals surface area contributed by atoms with E-state index in [9.17, 15) is 0 Å². The highest BCUT2D eigenvalue weighted by atomic mass is 15.1. The van der Waals surface area contributed by atoms with E-state index in [2.05, 4.69) is 56.0 Å². The summed E-state index contributed by atoms with van der Waals surface area (Å²) in [5.41, 5.74) is 1.27. The molecule has 0 aliphatic heterocycles. The van der Waals surface area contributed by atoms with Gasteiger partial charge in [-0.05, 0) is 12.5 Å². The van der Waals surface area contributed by atoms with E-state index in [-0.39, 0.29) is 6.04 Å². The maximum absolute atomic E-state index is 4.44. The average molecular weight is 281 g/mol. The molecule has 0 amide bonds. The fraction of sp³-hybridized carbons (Fsp3) is 0.250. The molecule has 0 aliphatic carbocycles. The lowest BCUT2D eigenvalue weighted by atomic mass is 10.2. The van der Waals surface area contributed by atoms with Crippen LogP contribution in [0.3, 0.4) is 0 Å². The number of hydrogen-bond acceptors (Lipinski definition) is 3. The largest absolute Gasteiger partial charge is 0.347 e. The van der Waals surface area contributed by atoms with Crippen molar-refractivity contribution in [1.29, 1.82) is 0 Å². The van der Waals surface area contributed by atoms with E-state index in [1.165, 1.54) is 5.56 Å². The van der Waals surface area contributed by atoms with Crippen molar-refractivity contribution in [1.82, 2.24) is 24.8 Å². The Morgan fingerprint density at radius 2 is 2.05 bits per heavy atom. The molecule has 3 aromatic rings. The topological polar surface area (TPSA) is 58.5 Å². The van der Waals surface area contributed by atoms with Gasteiger partial charge in [0.2, 0.25) is 0 Å². The van der Waals surface area contributed by atoms with Crippen molar-refractivity contribution in [2.24, 2.45) is 0 Å².